The lowest BCUT2D eigenvalue weighted by Crippen LogP contribution is -2.54. The van der Waals surface area contributed by atoms with Crippen molar-refractivity contribution in [3.05, 3.63) is 35.9 Å². The zero-order valence-corrected chi connectivity index (χ0v) is 15.0. The van der Waals surface area contributed by atoms with Crippen LogP contribution in [0.5, 0.6) is 0 Å². The average Bonchev–Trinajstić information content (AvgIpc) is 3.13. The third-order valence-electron chi connectivity index (χ3n) is 4.64. The molecule has 1 fully saturated rings. The Kier molecular flexibility index (Phi) is 7.48. The molecule has 2 rings (SSSR count). The molecule has 0 bridgehead atoms. The van der Waals surface area contributed by atoms with Crippen molar-refractivity contribution in [2.45, 2.75) is 50.2 Å². The van der Waals surface area contributed by atoms with E-state index in [1.807, 2.05) is 30.3 Å². The first kappa shape index (κ1) is 20.6. The van der Waals surface area contributed by atoms with Crippen LogP contribution in [0.25, 0.3) is 0 Å². The highest BCUT2D eigenvalue weighted by atomic mass is 16.4. The van der Waals surface area contributed by atoms with E-state index in [1.165, 1.54) is 4.90 Å². The van der Waals surface area contributed by atoms with Gasteiger partial charge in [0, 0.05) is 13.0 Å². The monoisotopic (exact) mass is 375 g/mol. The number of aldehydes is 1. The van der Waals surface area contributed by atoms with E-state index in [1.54, 1.807) is 0 Å². The van der Waals surface area contributed by atoms with E-state index in [0.717, 1.165) is 5.56 Å². The molecular weight excluding hydrogens is 350 g/mol. The highest BCUT2D eigenvalue weighted by molar-refractivity contribution is 5.91. The Morgan fingerprint density at radius 2 is 2.00 bits per heavy atom. The summed E-state index contributed by atoms with van der Waals surface area (Å²) in [5.74, 6) is -2.03. The largest absolute Gasteiger partial charge is 0.481 e. The predicted octanol–water partition coefficient (Wildman–Crippen LogP) is 0.0959. The van der Waals surface area contributed by atoms with Crippen LogP contribution < -0.4 is 11.1 Å². The molecule has 0 spiro atoms. The van der Waals surface area contributed by atoms with Crippen LogP contribution in [0.2, 0.25) is 0 Å². The topological polar surface area (TPSA) is 130 Å². The van der Waals surface area contributed by atoms with Crippen molar-refractivity contribution in [2.75, 3.05) is 6.54 Å². The van der Waals surface area contributed by atoms with Crippen LogP contribution in [0.4, 0.5) is 0 Å². The van der Waals surface area contributed by atoms with Crippen molar-refractivity contribution in [3.8, 4) is 0 Å². The number of amides is 2. The van der Waals surface area contributed by atoms with E-state index in [4.69, 9.17) is 10.8 Å². The summed E-state index contributed by atoms with van der Waals surface area (Å²) in [4.78, 5) is 48.7. The summed E-state index contributed by atoms with van der Waals surface area (Å²) >= 11 is 0. The van der Waals surface area contributed by atoms with Gasteiger partial charge in [0.2, 0.25) is 11.8 Å². The van der Waals surface area contributed by atoms with Gasteiger partial charge in [-0.3, -0.25) is 14.4 Å². The molecule has 0 radical (unpaired) electrons. The van der Waals surface area contributed by atoms with Crippen molar-refractivity contribution in [1.82, 2.24) is 10.2 Å². The third kappa shape index (κ3) is 5.89. The number of carbonyl (C=O) groups excluding carboxylic acids is 3. The number of hydrogen-bond acceptors (Lipinski definition) is 5. The molecule has 27 heavy (non-hydrogen) atoms. The standard InChI is InChI=1S/C19H25N3O5/c20-15(11-13-5-2-1-3-6-13)18(26)21-16(8-9-17(24)25)19(27)22-10-4-7-14(22)12-23/h1-3,5-6,12,14-16H,4,7-11,20H2,(H,21,26)(H,24,25)/t14-,15-,16-/m0/s1. The molecule has 0 unspecified atom stereocenters. The molecule has 146 valence electrons. The number of carboxylic acid groups (broad SMARTS) is 1. The van der Waals surface area contributed by atoms with Gasteiger partial charge in [0.1, 0.15) is 12.3 Å². The van der Waals surface area contributed by atoms with Crippen LogP contribution in [0.1, 0.15) is 31.2 Å². The zero-order valence-electron chi connectivity index (χ0n) is 15.0. The van der Waals surface area contributed by atoms with Crippen LogP contribution in [0.3, 0.4) is 0 Å². The maximum atomic E-state index is 12.8. The van der Waals surface area contributed by atoms with Crippen LogP contribution >= 0.6 is 0 Å². The highest BCUT2D eigenvalue weighted by Gasteiger charge is 2.34. The second-order valence-electron chi connectivity index (χ2n) is 6.67. The Morgan fingerprint density at radius 1 is 1.30 bits per heavy atom. The average molecular weight is 375 g/mol. The summed E-state index contributed by atoms with van der Waals surface area (Å²) in [5, 5.41) is 11.5. The molecule has 3 atom stereocenters. The predicted molar refractivity (Wildman–Crippen MR) is 97.7 cm³/mol. The summed E-state index contributed by atoms with van der Waals surface area (Å²) in [7, 11) is 0. The number of nitrogens with two attached hydrogens (primary N) is 1. The van der Waals surface area contributed by atoms with Crippen molar-refractivity contribution in [3.63, 3.8) is 0 Å². The van der Waals surface area contributed by atoms with Gasteiger partial charge in [-0.05, 0) is 31.2 Å². The molecule has 4 N–H and O–H groups in total. The molecule has 8 heteroatoms. The number of carbonyl (C=O) groups is 4. The van der Waals surface area contributed by atoms with E-state index < -0.39 is 35.9 Å². The molecular formula is C19H25N3O5. The molecule has 2 amide bonds. The van der Waals surface area contributed by atoms with E-state index in [0.29, 0.717) is 32.1 Å². The second-order valence-corrected chi connectivity index (χ2v) is 6.67. The number of rotatable bonds is 9. The van der Waals surface area contributed by atoms with E-state index >= 15 is 0 Å². The number of aliphatic carboxylic acids is 1. The third-order valence-corrected chi connectivity index (χ3v) is 4.64. The van der Waals surface area contributed by atoms with Crippen LogP contribution in [0.15, 0.2) is 30.3 Å². The van der Waals surface area contributed by atoms with Gasteiger partial charge in [-0.1, -0.05) is 30.3 Å². The lowest BCUT2D eigenvalue weighted by Gasteiger charge is -2.27. The number of nitrogens with zero attached hydrogens (tertiary/aromatic N) is 1. The lowest BCUT2D eigenvalue weighted by molar-refractivity contribution is -0.141. The molecule has 1 aliphatic rings. The smallest absolute Gasteiger partial charge is 0.303 e. The minimum Gasteiger partial charge on any atom is -0.481 e. The van der Waals surface area contributed by atoms with Gasteiger partial charge in [0.25, 0.3) is 0 Å². The molecule has 8 nitrogen and oxygen atoms in total. The first-order valence-corrected chi connectivity index (χ1v) is 8.99. The maximum Gasteiger partial charge on any atom is 0.303 e. The molecule has 0 saturated carbocycles. The van der Waals surface area contributed by atoms with Gasteiger partial charge in [0.15, 0.2) is 0 Å². The first-order chi connectivity index (χ1) is 12.9. The lowest BCUT2D eigenvalue weighted by atomic mass is 10.0. The Bertz CT molecular complexity index is 679. The van der Waals surface area contributed by atoms with Crippen molar-refractivity contribution < 1.29 is 24.3 Å². The number of likely N-dealkylation sites (tertiary alicyclic amines) is 1. The minimum atomic E-state index is -1.07. The van der Waals surface area contributed by atoms with E-state index in [2.05, 4.69) is 5.32 Å². The molecule has 1 heterocycles. The summed E-state index contributed by atoms with van der Waals surface area (Å²) in [6, 6.07) is 6.81. The Hall–Kier alpha value is -2.74. The summed E-state index contributed by atoms with van der Waals surface area (Å²) in [5.41, 5.74) is 6.83. The van der Waals surface area contributed by atoms with Gasteiger partial charge >= 0.3 is 5.97 Å². The highest BCUT2D eigenvalue weighted by Crippen LogP contribution is 2.18. The second kappa shape index (κ2) is 9.82. The fraction of sp³-hybridized carbons (Fsp3) is 0.474. The maximum absolute atomic E-state index is 12.8. The SMILES string of the molecule is N[C@@H](Cc1ccccc1)C(=O)N[C@@H](CCC(=O)O)C(=O)N1CCC[C@H]1C=O. The zero-order chi connectivity index (χ0) is 19.8. The summed E-state index contributed by atoms with van der Waals surface area (Å²) < 4.78 is 0. The molecule has 1 aromatic rings. The molecule has 1 aliphatic heterocycles. The number of carboxylic acids is 1. The van der Waals surface area contributed by atoms with Gasteiger partial charge in [-0.25, -0.2) is 0 Å². The molecule has 1 aromatic carbocycles. The van der Waals surface area contributed by atoms with Crippen molar-refractivity contribution in [2.24, 2.45) is 5.73 Å². The van der Waals surface area contributed by atoms with Gasteiger partial charge in [-0.15, -0.1) is 0 Å². The normalized spacial score (nSPS) is 18.6. The fourth-order valence-corrected chi connectivity index (χ4v) is 3.17. The first-order valence-electron chi connectivity index (χ1n) is 8.99. The minimum absolute atomic E-state index is 0.0555. The van der Waals surface area contributed by atoms with Crippen LogP contribution in [-0.2, 0) is 25.6 Å². The number of benzene rings is 1. The van der Waals surface area contributed by atoms with Gasteiger partial charge in [0.05, 0.1) is 12.1 Å². The molecule has 0 aromatic heterocycles. The molecule has 1 saturated heterocycles. The van der Waals surface area contributed by atoms with Gasteiger partial charge < -0.3 is 25.9 Å². The van der Waals surface area contributed by atoms with Crippen molar-refractivity contribution in [1.29, 1.82) is 0 Å². The fourth-order valence-electron chi connectivity index (χ4n) is 3.17. The van der Waals surface area contributed by atoms with Crippen LogP contribution in [-0.4, -0.2) is 58.7 Å². The molecule has 0 aliphatic carbocycles. The Balaban J connectivity index is 2.04. The number of hydrogen-bond donors (Lipinski definition) is 3. The van der Waals surface area contributed by atoms with E-state index in [-0.39, 0.29) is 12.8 Å². The van der Waals surface area contributed by atoms with Crippen LogP contribution in [0, 0.1) is 0 Å². The number of nitrogens with one attached hydrogen (secondary N) is 1. The summed E-state index contributed by atoms with van der Waals surface area (Å²) in [6.07, 6.45) is 1.95. The van der Waals surface area contributed by atoms with Gasteiger partial charge in [-0.2, -0.15) is 0 Å². The quantitative estimate of drug-likeness (QED) is 0.525. The summed E-state index contributed by atoms with van der Waals surface area (Å²) in [6.45, 7) is 0.414. The van der Waals surface area contributed by atoms with E-state index in [9.17, 15) is 19.2 Å². The Labute approximate surface area is 157 Å². The Morgan fingerprint density at radius 3 is 2.63 bits per heavy atom. The van der Waals surface area contributed by atoms with Crippen molar-refractivity contribution >= 4 is 24.1 Å².